The molecule has 2 atom stereocenters. The van der Waals surface area contributed by atoms with E-state index in [4.69, 9.17) is 4.74 Å². The maximum atomic E-state index is 13.6. The topological polar surface area (TPSA) is 106 Å². The normalized spacial score (nSPS) is 14.8. The molecule has 1 heterocycles. The van der Waals surface area contributed by atoms with Gasteiger partial charge in [-0.25, -0.2) is 18.2 Å². The fourth-order valence-corrected chi connectivity index (χ4v) is 6.07. The predicted molar refractivity (Wildman–Crippen MR) is 135 cm³/mol. The van der Waals surface area contributed by atoms with Gasteiger partial charge in [0, 0.05) is 12.6 Å². The van der Waals surface area contributed by atoms with Crippen LogP contribution in [0.2, 0.25) is 0 Å². The van der Waals surface area contributed by atoms with Gasteiger partial charge in [-0.05, 0) is 37.3 Å². The summed E-state index contributed by atoms with van der Waals surface area (Å²) in [5.41, 5.74) is 0.252. The van der Waals surface area contributed by atoms with Crippen LogP contribution in [0.4, 0.5) is 0 Å². The van der Waals surface area contributed by atoms with Gasteiger partial charge >= 0.3 is 5.97 Å². The number of esters is 1. The van der Waals surface area contributed by atoms with Crippen molar-refractivity contribution in [2.75, 3.05) is 13.7 Å². The number of amides is 1. The number of nitrogens with zero attached hydrogens (tertiary/aromatic N) is 2. The summed E-state index contributed by atoms with van der Waals surface area (Å²) in [4.78, 5) is 31.5. The highest BCUT2D eigenvalue weighted by Crippen LogP contribution is 2.28. The van der Waals surface area contributed by atoms with E-state index in [1.165, 1.54) is 4.90 Å². The third kappa shape index (κ3) is 6.64. The molecule has 10 heteroatoms. The second-order valence-corrected chi connectivity index (χ2v) is 12.5. The average Bonchev–Trinajstić information content (AvgIpc) is 3.19. The van der Waals surface area contributed by atoms with E-state index in [1.54, 1.807) is 65.9 Å². The number of hydrogen-bond acceptors (Lipinski definition) is 7. The van der Waals surface area contributed by atoms with E-state index in [1.807, 2.05) is 19.9 Å². The Morgan fingerprint density at radius 2 is 1.85 bits per heavy atom. The Kier molecular flexibility index (Phi) is 9.01. The minimum atomic E-state index is -4.05. The lowest BCUT2D eigenvalue weighted by atomic mass is 9.86. The molecule has 0 saturated heterocycles. The van der Waals surface area contributed by atoms with E-state index >= 15 is 0 Å². The van der Waals surface area contributed by atoms with E-state index in [-0.39, 0.29) is 16.9 Å². The van der Waals surface area contributed by atoms with Gasteiger partial charge in [-0.3, -0.25) is 4.79 Å². The van der Waals surface area contributed by atoms with Crippen LogP contribution in [0.1, 0.15) is 48.5 Å². The van der Waals surface area contributed by atoms with Crippen LogP contribution in [-0.4, -0.2) is 55.9 Å². The summed E-state index contributed by atoms with van der Waals surface area (Å²) in [5.74, 6) is -0.874. The van der Waals surface area contributed by atoms with Gasteiger partial charge in [0.1, 0.15) is 6.04 Å². The molecule has 2 aromatic rings. The average molecular weight is 510 g/mol. The lowest BCUT2D eigenvalue weighted by Gasteiger charge is -2.37. The Morgan fingerprint density at radius 3 is 2.38 bits per heavy atom. The van der Waals surface area contributed by atoms with Gasteiger partial charge in [-0.2, -0.15) is 4.72 Å². The first-order chi connectivity index (χ1) is 15.7. The molecule has 0 unspecified atom stereocenters. The molecular formula is C24H35N3O5S2. The Bertz CT molecular complexity index is 1130. The van der Waals surface area contributed by atoms with Crippen LogP contribution >= 0.6 is 11.3 Å². The van der Waals surface area contributed by atoms with Gasteiger partial charge in [-0.1, -0.05) is 52.8 Å². The van der Waals surface area contributed by atoms with Crippen LogP contribution in [0.15, 0.2) is 40.3 Å². The third-order valence-electron chi connectivity index (χ3n) is 5.39. The van der Waals surface area contributed by atoms with Gasteiger partial charge in [0.15, 0.2) is 0 Å². The third-order valence-corrected chi connectivity index (χ3v) is 8.22. The SMILES string of the molecule is CCOC(=O)/C(C)=C/[C@H](C(C)C)N(C)C(=O)[C@@H](NS(=O)(=O)c1nc2ccccc2s1)C(C)(C)C. The van der Waals surface area contributed by atoms with Crippen LogP contribution < -0.4 is 4.72 Å². The van der Waals surface area contributed by atoms with Crippen LogP contribution in [0.25, 0.3) is 10.2 Å². The zero-order valence-electron chi connectivity index (χ0n) is 21.1. The van der Waals surface area contributed by atoms with E-state index in [9.17, 15) is 18.0 Å². The number of carbonyl (C=O) groups excluding carboxylic acids is 2. The number of likely N-dealkylation sites (N-methyl/N-ethyl adjacent to an activating group) is 1. The molecule has 0 spiro atoms. The molecular weight excluding hydrogens is 474 g/mol. The molecule has 0 aliphatic carbocycles. The minimum absolute atomic E-state index is 0.0280. The van der Waals surface area contributed by atoms with E-state index in [0.717, 1.165) is 16.0 Å². The van der Waals surface area contributed by atoms with E-state index in [0.29, 0.717) is 11.1 Å². The predicted octanol–water partition coefficient (Wildman–Crippen LogP) is 3.98. The zero-order chi connectivity index (χ0) is 25.8. The summed E-state index contributed by atoms with van der Waals surface area (Å²) in [5, 5.41) is 0. The lowest BCUT2D eigenvalue weighted by Crippen LogP contribution is -2.56. The molecule has 0 radical (unpaired) electrons. The van der Waals surface area contributed by atoms with Crippen molar-refractivity contribution < 1.29 is 22.7 Å². The summed E-state index contributed by atoms with van der Waals surface area (Å²) < 4.78 is 34.8. The number of nitrogens with one attached hydrogen (secondary N) is 1. The quantitative estimate of drug-likeness (QED) is 0.405. The highest BCUT2D eigenvalue weighted by atomic mass is 32.2. The summed E-state index contributed by atoms with van der Waals surface area (Å²) in [6.45, 7) is 12.9. The molecule has 0 saturated carbocycles. The molecule has 1 aromatic carbocycles. The van der Waals surface area contributed by atoms with E-state index < -0.39 is 39.4 Å². The van der Waals surface area contributed by atoms with Crippen molar-refractivity contribution in [3.63, 3.8) is 0 Å². The minimum Gasteiger partial charge on any atom is -0.463 e. The van der Waals surface area contributed by atoms with Gasteiger partial charge in [-0.15, -0.1) is 11.3 Å². The van der Waals surface area contributed by atoms with Crippen molar-refractivity contribution in [2.45, 2.75) is 64.9 Å². The highest BCUT2D eigenvalue weighted by molar-refractivity contribution is 7.91. The number of thiazole rings is 1. The van der Waals surface area contributed by atoms with Gasteiger partial charge in [0.2, 0.25) is 10.2 Å². The van der Waals surface area contributed by atoms with Crippen molar-refractivity contribution in [2.24, 2.45) is 11.3 Å². The maximum Gasteiger partial charge on any atom is 0.333 e. The van der Waals surface area contributed by atoms with Crippen molar-refractivity contribution in [1.82, 2.24) is 14.6 Å². The Labute approximate surface area is 206 Å². The van der Waals surface area contributed by atoms with Crippen LogP contribution in [0, 0.1) is 11.3 Å². The van der Waals surface area contributed by atoms with E-state index in [2.05, 4.69) is 9.71 Å². The van der Waals surface area contributed by atoms with Crippen LogP contribution in [-0.2, 0) is 24.3 Å². The second kappa shape index (κ2) is 11.0. The molecule has 2 rings (SSSR count). The number of benzene rings is 1. The van der Waals surface area contributed by atoms with Crippen molar-refractivity contribution in [1.29, 1.82) is 0 Å². The molecule has 188 valence electrons. The Balaban J connectivity index is 2.38. The van der Waals surface area contributed by atoms with Crippen molar-refractivity contribution in [3.05, 3.63) is 35.9 Å². The zero-order valence-corrected chi connectivity index (χ0v) is 22.7. The molecule has 1 aromatic heterocycles. The number of aromatic nitrogens is 1. The highest BCUT2D eigenvalue weighted by Gasteiger charge is 2.39. The number of carbonyl (C=O) groups is 2. The summed E-state index contributed by atoms with van der Waals surface area (Å²) in [6, 6.07) is 5.67. The van der Waals surface area contributed by atoms with Gasteiger partial charge in [0.25, 0.3) is 10.0 Å². The first kappa shape index (κ1) is 27.9. The molecule has 8 nitrogen and oxygen atoms in total. The monoisotopic (exact) mass is 509 g/mol. The fraction of sp³-hybridized carbons (Fsp3) is 0.542. The van der Waals surface area contributed by atoms with Gasteiger partial charge < -0.3 is 9.64 Å². The molecule has 0 fully saturated rings. The van der Waals surface area contributed by atoms with Crippen LogP contribution in [0.3, 0.4) is 0 Å². The first-order valence-corrected chi connectivity index (χ1v) is 13.5. The molecule has 34 heavy (non-hydrogen) atoms. The maximum absolute atomic E-state index is 13.6. The molecule has 1 amide bonds. The molecule has 1 N–H and O–H groups in total. The lowest BCUT2D eigenvalue weighted by molar-refractivity contribution is -0.139. The number of fused-ring (bicyclic) bond motifs is 1. The Morgan fingerprint density at radius 1 is 1.24 bits per heavy atom. The number of ether oxygens (including phenoxy) is 1. The largest absolute Gasteiger partial charge is 0.463 e. The number of hydrogen-bond donors (Lipinski definition) is 1. The first-order valence-electron chi connectivity index (χ1n) is 11.2. The number of para-hydroxylation sites is 1. The van der Waals surface area contributed by atoms with Crippen molar-refractivity contribution in [3.8, 4) is 0 Å². The molecule has 0 bridgehead atoms. The van der Waals surface area contributed by atoms with Gasteiger partial charge in [0.05, 0.1) is 22.9 Å². The number of rotatable bonds is 9. The molecule has 0 aliphatic rings. The Hall–Kier alpha value is -2.30. The summed E-state index contributed by atoms with van der Waals surface area (Å²) in [7, 11) is -2.43. The van der Waals surface area contributed by atoms with Crippen LogP contribution in [0.5, 0.6) is 0 Å². The molecule has 0 aliphatic heterocycles. The fourth-order valence-electron chi connectivity index (χ4n) is 3.44. The number of sulfonamides is 1. The summed E-state index contributed by atoms with van der Waals surface area (Å²) in [6.07, 6.45) is 1.70. The second-order valence-electron chi connectivity index (χ2n) is 9.62. The smallest absolute Gasteiger partial charge is 0.333 e. The van der Waals surface area contributed by atoms with Crippen molar-refractivity contribution >= 4 is 43.5 Å². The standard InChI is InChI=1S/C24H35N3O5S2/c1-9-32-22(29)16(4)14-18(15(2)3)27(8)21(28)20(24(5,6)7)26-34(30,31)23-25-17-12-10-11-13-19(17)33-23/h10-15,18,20,26H,9H2,1-8H3/b16-14+/t18-,20-/m1/s1. The summed E-state index contributed by atoms with van der Waals surface area (Å²) >= 11 is 1.06.